The second-order valence-corrected chi connectivity index (χ2v) is 7.12. The molecule has 0 saturated carbocycles. The molecule has 0 bridgehead atoms. The molecule has 0 aliphatic heterocycles. The fraction of sp³-hybridized carbons (Fsp3) is 0.211. The molecular formula is C19H20N6O2S. The summed E-state index contributed by atoms with van der Waals surface area (Å²) >= 11 is 1.76. The first kappa shape index (κ1) is 19.6. The topological polar surface area (TPSA) is 116 Å². The predicted molar refractivity (Wildman–Crippen MR) is 107 cm³/mol. The SMILES string of the molecule is NC(=O)c1ccc(-c2nnn(CC(=O)NCCCSc3ccccc3)n2)cc1. The molecule has 2 amide bonds. The molecule has 0 aliphatic rings. The van der Waals surface area contributed by atoms with E-state index in [4.69, 9.17) is 5.73 Å². The number of rotatable bonds is 9. The average Bonchev–Trinajstić information content (AvgIpc) is 3.17. The average molecular weight is 396 g/mol. The van der Waals surface area contributed by atoms with Crippen LogP contribution >= 0.6 is 11.8 Å². The van der Waals surface area contributed by atoms with E-state index in [0.29, 0.717) is 23.5 Å². The summed E-state index contributed by atoms with van der Waals surface area (Å²) < 4.78 is 0. The van der Waals surface area contributed by atoms with Gasteiger partial charge >= 0.3 is 0 Å². The van der Waals surface area contributed by atoms with Gasteiger partial charge in [0, 0.05) is 22.6 Å². The lowest BCUT2D eigenvalue weighted by atomic mass is 10.1. The van der Waals surface area contributed by atoms with Gasteiger partial charge in [-0.3, -0.25) is 9.59 Å². The van der Waals surface area contributed by atoms with E-state index < -0.39 is 5.91 Å². The van der Waals surface area contributed by atoms with Gasteiger partial charge in [-0.05, 0) is 41.7 Å². The largest absolute Gasteiger partial charge is 0.366 e. The zero-order valence-corrected chi connectivity index (χ0v) is 15.9. The Morgan fingerprint density at radius 2 is 1.82 bits per heavy atom. The van der Waals surface area contributed by atoms with Crippen LogP contribution in [0, 0.1) is 0 Å². The molecule has 1 heterocycles. The van der Waals surface area contributed by atoms with Crippen molar-refractivity contribution in [3.8, 4) is 11.4 Å². The summed E-state index contributed by atoms with van der Waals surface area (Å²) in [7, 11) is 0. The number of benzene rings is 2. The van der Waals surface area contributed by atoms with Gasteiger partial charge in [-0.2, -0.15) is 4.80 Å². The Hall–Kier alpha value is -3.20. The molecule has 3 N–H and O–H groups in total. The van der Waals surface area contributed by atoms with Crippen molar-refractivity contribution < 1.29 is 9.59 Å². The Bertz CT molecular complexity index is 927. The van der Waals surface area contributed by atoms with Gasteiger partial charge in [0.25, 0.3) is 0 Å². The number of amides is 2. The minimum absolute atomic E-state index is 0.00179. The van der Waals surface area contributed by atoms with Crippen LogP contribution in [0.25, 0.3) is 11.4 Å². The summed E-state index contributed by atoms with van der Waals surface area (Å²) in [5, 5.41) is 14.9. The number of aromatic nitrogens is 4. The minimum Gasteiger partial charge on any atom is -0.366 e. The number of nitrogens with one attached hydrogen (secondary N) is 1. The summed E-state index contributed by atoms with van der Waals surface area (Å²) in [6.07, 6.45) is 0.869. The molecule has 0 aliphatic carbocycles. The maximum Gasteiger partial charge on any atom is 0.248 e. The van der Waals surface area contributed by atoms with Crippen LogP contribution in [0.5, 0.6) is 0 Å². The van der Waals surface area contributed by atoms with Crippen LogP contribution in [-0.4, -0.2) is 44.3 Å². The summed E-state index contributed by atoms with van der Waals surface area (Å²) in [6, 6.07) is 16.7. The number of primary amides is 1. The molecular weight excluding hydrogens is 376 g/mol. The van der Waals surface area contributed by atoms with E-state index in [1.807, 2.05) is 18.2 Å². The van der Waals surface area contributed by atoms with Crippen molar-refractivity contribution in [2.75, 3.05) is 12.3 Å². The molecule has 0 saturated heterocycles. The van der Waals surface area contributed by atoms with Gasteiger partial charge in [-0.25, -0.2) is 0 Å². The van der Waals surface area contributed by atoms with Gasteiger partial charge in [0.1, 0.15) is 6.54 Å². The van der Waals surface area contributed by atoms with Crippen molar-refractivity contribution in [3.63, 3.8) is 0 Å². The van der Waals surface area contributed by atoms with Gasteiger partial charge in [-0.1, -0.05) is 30.3 Å². The van der Waals surface area contributed by atoms with Gasteiger partial charge in [0.15, 0.2) is 0 Å². The van der Waals surface area contributed by atoms with E-state index in [0.717, 1.165) is 12.2 Å². The smallest absolute Gasteiger partial charge is 0.248 e. The van der Waals surface area contributed by atoms with Crippen LogP contribution in [0.2, 0.25) is 0 Å². The number of tetrazole rings is 1. The fourth-order valence-corrected chi connectivity index (χ4v) is 3.27. The quantitative estimate of drug-likeness (QED) is 0.420. The lowest BCUT2D eigenvalue weighted by Gasteiger charge is -2.04. The monoisotopic (exact) mass is 396 g/mol. The lowest BCUT2D eigenvalue weighted by molar-refractivity contribution is -0.122. The van der Waals surface area contributed by atoms with Crippen molar-refractivity contribution >= 4 is 23.6 Å². The first-order valence-electron chi connectivity index (χ1n) is 8.74. The Morgan fingerprint density at radius 1 is 1.07 bits per heavy atom. The van der Waals surface area contributed by atoms with Crippen molar-refractivity contribution in [1.82, 2.24) is 25.5 Å². The lowest BCUT2D eigenvalue weighted by Crippen LogP contribution is -2.29. The van der Waals surface area contributed by atoms with Crippen LogP contribution < -0.4 is 11.1 Å². The molecule has 0 fully saturated rings. The zero-order valence-electron chi connectivity index (χ0n) is 15.1. The van der Waals surface area contributed by atoms with E-state index in [1.165, 1.54) is 9.69 Å². The third kappa shape index (κ3) is 5.65. The third-order valence-corrected chi connectivity index (χ3v) is 4.92. The van der Waals surface area contributed by atoms with E-state index in [2.05, 4.69) is 32.9 Å². The number of nitrogens with zero attached hydrogens (tertiary/aromatic N) is 4. The first-order chi connectivity index (χ1) is 13.6. The van der Waals surface area contributed by atoms with Crippen LogP contribution in [0.3, 0.4) is 0 Å². The molecule has 0 unspecified atom stereocenters. The molecule has 1 aromatic heterocycles. The molecule has 0 radical (unpaired) electrons. The second kappa shape index (κ2) is 9.65. The zero-order chi connectivity index (χ0) is 19.8. The highest BCUT2D eigenvalue weighted by Gasteiger charge is 2.10. The van der Waals surface area contributed by atoms with Gasteiger partial charge in [0.2, 0.25) is 17.6 Å². The molecule has 2 aromatic carbocycles. The normalized spacial score (nSPS) is 10.6. The number of carbonyl (C=O) groups is 2. The second-order valence-electron chi connectivity index (χ2n) is 5.95. The molecule has 28 heavy (non-hydrogen) atoms. The summed E-state index contributed by atoms with van der Waals surface area (Å²) in [5.41, 5.74) is 6.31. The number of hydrogen-bond donors (Lipinski definition) is 2. The summed E-state index contributed by atoms with van der Waals surface area (Å²) in [4.78, 5) is 25.6. The summed E-state index contributed by atoms with van der Waals surface area (Å²) in [6.45, 7) is 0.590. The fourth-order valence-electron chi connectivity index (χ4n) is 2.40. The highest BCUT2D eigenvalue weighted by molar-refractivity contribution is 7.99. The maximum absolute atomic E-state index is 12.0. The number of nitrogens with two attached hydrogens (primary N) is 1. The Morgan fingerprint density at radius 3 is 2.54 bits per heavy atom. The summed E-state index contributed by atoms with van der Waals surface area (Å²) in [5.74, 6) is 0.639. The van der Waals surface area contributed by atoms with Crippen molar-refractivity contribution in [1.29, 1.82) is 0 Å². The van der Waals surface area contributed by atoms with Crippen molar-refractivity contribution in [2.24, 2.45) is 5.73 Å². The van der Waals surface area contributed by atoms with Gasteiger partial charge in [-0.15, -0.1) is 22.0 Å². The highest BCUT2D eigenvalue weighted by Crippen LogP contribution is 2.17. The molecule has 0 spiro atoms. The Labute approximate surface area is 166 Å². The van der Waals surface area contributed by atoms with Crippen molar-refractivity contribution in [3.05, 3.63) is 60.2 Å². The van der Waals surface area contributed by atoms with E-state index in [9.17, 15) is 9.59 Å². The third-order valence-electron chi connectivity index (χ3n) is 3.82. The van der Waals surface area contributed by atoms with Crippen LogP contribution in [-0.2, 0) is 11.3 Å². The number of thioether (sulfide) groups is 1. The molecule has 9 heteroatoms. The van der Waals surface area contributed by atoms with E-state index >= 15 is 0 Å². The Balaban J connectivity index is 1.41. The molecule has 3 aromatic rings. The minimum atomic E-state index is -0.498. The predicted octanol–water partition coefficient (Wildman–Crippen LogP) is 1.74. The highest BCUT2D eigenvalue weighted by atomic mass is 32.2. The molecule has 8 nitrogen and oxygen atoms in total. The van der Waals surface area contributed by atoms with Crippen LogP contribution in [0.1, 0.15) is 16.8 Å². The Kier molecular flexibility index (Phi) is 6.74. The van der Waals surface area contributed by atoms with E-state index in [1.54, 1.807) is 36.0 Å². The molecule has 144 valence electrons. The molecule has 0 atom stereocenters. The molecule has 3 rings (SSSR count). The van der Waals surface area contributed by atoms with Crippen molar-refractivity contribution in [2.45, 2.75) is 17.9 Å². The number of carbonyl (C=O) groups excluding carboxylic acids is 2. The van der Waals surface area contributed by atoms with Crippen LogP contribution in [0.4, 0.5) is 0 Å². The number of hydrogen-bond acceptors (Lipinski definition) is 6. The first-order valence-corrected chi connectivity index (χ1v) is 9.73. The van der Waals surface area contributed by atoms with Gasteiger partial charge < -0.3 is 11.1 Å². The van der Waals surface area contributed by atoms with Crippen LogP contribution in [0.15, 0.2) is 59.5 Å². The maximum atomic E-state index is 12.0. The standard InChI is InChI=1S/C19H20N6O2S/c20-18(27)14-7-9-15(10-8-14)19-22-24-25(23-19)13-17(26)21-11-4-12-28-16-5-2-1-3-6-16/h1-3,5-10H,4,11-13H2,(H2,20,27)(H,21,26). The van der Waals surface area contributed by atoms with Gasteiger partial charge in [0.05, 0.1) is 0 Å². The van der Waals surface area contributed by atoms with E-state index in [-0.39, 0.29) is 12.5 Å².